The smallest absolute Gasteiger partial charge is 0.0320 e. The van der Waals surface area contributed by atoms with E-state index >= 15 is 0 Å². The van der Waals surface area contributed by atoms with Crippen molar-refractivity contribution in [3.63, 3.8) is 0 Å². The number of thiophene rings is 1. The van der Waals surface area contributed by atoms with Gasteiger partial charge in [-0.2, -0.15) is 11.3 Å². The second kappa shape index (κ2) is 3.38. The lowest BCUT2D eigenvalue weighted by molar-refractivity contribution is 1.13. The van der Waals surface area contributed by atoms with Crippen molar-refractivity contribution < 1.29 is 0 Å². The highest BCUT2D eigenvalue weighted by Crippen LogP contribution is 2.45. The summed E-state index contributed by atoms with van der Waals surface area (Å²) in [6.07, 6.45) is 2.67. The molecule has 0 atom stereocenters. The Kier molecular flexibility index (Phi) is 2.03. The van der Waals surface area contributed by atoms with Crippen molar-refractivity contribution >= 4 is 17.0 Å². The zero-order valence-corrected chi connectivity index (χ0v) is 9.26. The average Bonchev–Trinajstić information content (AvgIpc) is 2.94. The van der Waals surface area contributed by atoms with Crippen LogP contribution in [0.25, 0.3) is 11.1 Å². The SMILES string of the molecule is Nc1ccc(C2CC2)c(-c2ccsc2)c1. The van der Waals surface area contributed by atoms with E-state index in [-0.39, 0.29) is 0 Å². The van der Waals surface area contributed by atoms with Crippen LogP contribution in [0.4, 0.5) is 5.69 Å². The van der Waals surface area contributed by atoms with Gasteiger partial charge in [0.2, 0.25) is 0 Å². The number of nitrogens with two attached hydrogens (primary N) is 1. The molecule has 2 aromatic rings. The van der Waals surface area contributed by atoms with E-state index in [9.17, 15) is 0 Å². The molecule has 0 aliphatic heterocycles. The van der Waals surface area contributed by atoms with E-state index < -0.39 is 0 Å². The van der Waals surface area contributed by atoms with Crippen molar-refractivity contribution in [2.24, 2.45) is 0 Å². The summed E-state index contributed by atoms with van der Waals surface area (Å²) in [4.78, 5) is 0. The Morgan fingerprint density at radius 2 is 2.07 bits per heavy atom. The highest BCUT2D eigenvalue weighted by molar-refractivity contribution is 7.08. The van der Waals surface area contributed by atoms with Crippen LogP contribution in [0.15, 0.2) is 35.0 Å². The topological polar surface area (TPSA) is 26.0 Å². The molecule has 1 nitrogen and oxygen atoms in total. The maximum Gasteiger partial charge on any atom is 0.0320 e. The molecule has 2 heteroatoms. The highest BCUT2D eigenvalue weighted by Gasteiger charge is 2.26. The van der Waals surface area contributed by atoms with Gasteiger partial charge in [0, 0.05) is 5.69 Å². The average molecular weight is 215 g/mol. The van der Waals surface area contributed by atoms with Crippen molar-refractivity contribution in [3.8, 4) is 11.1 Å². The second-order valence-corrected chi connectivity index (χ2v) is 4.91. The first-order valence-electron chi connectivity index (χ1n) is 5.26. The summed E-state index contributed by atoms with van der Waals surface area (Å²) in [6, 6.07) is 8.49. The first-order chi connectivity index (χ1) is 7.34. The van der Waals surface area contributed by atoms with Gasteiger partial charge in [0.25, 0.3) is 0 Å². The maximum atomic E-state index is 5.86. The zero-order chi connectivity index (χ0) is 10.3. The molecule has 0 radical (unpaired) electrons. The Morgan fingerprint density at radius 1 is 1.20 bits per heavy atom. The lowest BCUT2D eigenvalue weighted by atomic mass is 9.98. The molecular formula is C13H13NS. The zero-order valence-electron chi connectivity index (χ0n) is 8.44. The predicted molar refractivity (Wildman–Crippen MR) is 66.1 cm³/mol. The van der Waals surface area contributed by atoms with Crippen LogP contribution in [0, 0.1) is 0 Å². The molecule has 15 heavy (non-hydrogen) atoms. The fourth-order valence-electron chi connectivity index (χ4n) is 1.99. The molecule has 3 rings (SSSR count). The Bertz CT molecular complexity index is 469. The van der Waals surface area contributed by atoms with Crippen molar-refractivity contribution in [1.29, 1.82) is 0 Å². The molecule has 0 spiro atoms. The van der Waals surface area contributed by atoms with E-state index in [1.165, 1.54) is 29.5 Å². The molecule has 1 heterocycles. The molecule has 1 saturated carbocycles. The van der Waals surface area contributed by atoms with Crippen LogP contribution in [-0.4, -0.2) is 0 Å². The van der Waals surface area contributed by atoms with Crippen LogP contribution >= 0.6 is 11.3 Å². The van der Waals surface area contributed by atoms with E-state index in [2.05, 4.69) is 29.0 Å². The van der Waals surface area contributed by atoms with Gasteiger partial charge in [-0.1, -0.05) is 6.07 Å². The summed E-state index contributed by atoms with van der Waals surface area (Å²) in [5, 5.41) is 4.32. The normalized spacial score (nSPS) is 15.5. The fraction of sp³-hybridized carbons (Fsp3) is 0.231. The van der Waals surface area contributed by atoms with Gasteiger partial charge in [-0.3, -0.25) is 0 Å². The molecule has 76 valence electrons. The number of benzene rings is 1. The van der Waals surface area contributed by atoms with E-state index in [1.807, 2.05) is 6.07 Å². The lowest BCUT2D eigenvalue weighted by Gasteiger charge is -2.08. The highest BCUT2D eigenvalue weighted by atomic mass is 32.1. The van der Waals surface area contributed by atoms with Gasteiger partial charge in [-0.05, 0) is 64.4 Å². The summed E-state index contributed by atoms with van der Waals surface area (Å²) in [5.74, 6) is 0.778. The summed E-state index contributed by atoms with van der Waals surface area (Å²) in [6.45, 7) is 0. The van der Waals surface area contributed by atoms with Crippen LogP contribution in [0.5, 0.6) is 0 Å². The Morgan fingerprint density at radius 3 is 2.73 bits per heavy atom. The minimum atomic E-state index is 0.778. The fourth-order valence-corrected chi connectivity index (χ4v) is 2.65. The van der Waals surface area contributed by atoms with Gasteiger partial charge >= 0.3 is 0 Å². The van der Waals surface area contributed by atoms with Gasteiger partial charge in [0.05, 0.1) is 0 Å². The third kappa shape index (κ3) is 1.65. The first-order valence-corrected chi connectivity index (χ1v) is 6.21. The maximum absolute atomic E-state index is 5.86. The third-order valence-electron chi connectivity index (χ3n) is 2.93. The summed E-state index contributed by atoms with van der Waals surface area (Å²) < 4.78 is 0. The predicted octanol–water partition coefficient (Wildman–Crippen LogP) is 3.87. The molecule has 1 fully saturated rings. The van der Waals surface area contributed by atoms with Crippen LogP contribution in [0.1, 0.15) is 24.3 Å². The van der Waals surface area contributed by atoms with Crippen molar-refractivity contribution in [1.82, 2.24) is 0 Å². The van der Waals surface area contributed by atoms with Crippen LogP contribution in [0.3, 0.4) is 0 Å². The van der Waals surface area contributed by atoms with E-state index in [0.717, 1.165) is 11.6 Å². The molecule has 0 unspecified atom stereocenters. The van der Waals surface area contributed by atoms with Crippen LogP contribution in [0.2, 0.25) is 0 Å². The van der Waals surface area contributed by atoms with Crippen LogP contribution in [-0.2, 0) is 0 Å². The minimum absolute atomic E-state index is 0.778. The summed E-state index contributed by atoms with van der Waals surface area (Å²) in [5.41, 5.74) is 10.8. The second-order valence-electron chi connectivity index (χ2n) is 4.13. The minimum Gasteiger partial charge on any atom is -0.399 e. The van der Waals surface area contributed by atoms with E-state index in [4.69, 9.17) is 5.73 Å². The number of anilines is 1. The number of rotatable bonds is 2. The monoisotopic (exact) mass is 215 g/mol. The molecule has 2 N–H and O–H groups in total. The third-order valence-corrected chi connectivity index (χ3v) is 3.61. The molecule has 0 saturated heterocycles. The molecule has 1 aromatic heterocycles. The number of hydrogen-bond acceptors (Lipinski definition) is 2. The Labute approximate surface area is 93.6 Å². The lowest BCUT2D eigenvalue weighted by Crippen LogP contribution is -1.90. The Hall–Kier alpha value is -1.28. The molecule has 1 aliphatic carbocycles. The standard InChI is InChI=1S/C13H13NS/c14-11-3-4-12(9-1-2-9)13(7-11)10-5-6-15-8-10/h3-9H,1-2,14H2. The summed E-state index contributed by atoms with van der Waals surface area (Å²) >= 11 is 1.74. The van der Waals surface area contributed by atoms with E-state index in [0.29, 0.717) is 0 Å². The van der Waals surface area contributed by atoms with E-state index in [1.54, 1.807) is 11.3 Å². The molecule has 1 aromatic carbocycles. The van der Waals surface area contributed by atoms with Crippen LogP contribution < -0.4 is 5.73 Å². The van der Waals surface area contributed by atoms with Gasteiger partial charge in [0.1, 0.15) is 0 Å². The largest absolute Gasteiger partial charge is 0.399 e. The van der Waals surface area contributed by atoms with Gasteiger partial charge in [0.15, 0.2) is 0 Å². The number of nitrogen functional groups attached to an aromatic ring is 1. The van der Waals surface area contributed by atoms with Crippen molar-refractivity contribution in [2.45, 2.75) is 18.8 Å². The van der Waals surface area contributed by atoms with Gasteiger partial charge < -0.3 is 5.73 Å². The van der Waals surface area contributed by atoms with Crippen molar-refractivity contribution in [3.05, 3.63) is 40.6 Å². The Balaban J connectivity index is 2.14. The van der Waals surface area contributed by atoms with Gasteiger partial charge in [-0.15, -0.1) is 0 Å². The first kappa shape index (κ1) is 8.98. The number of hydrogen-bond donors (Lipinski definition) is 1. The van der Waals surface area contributed by atoms with Crippen molar-refractivity contribution in [2.75, 3.05) is 5.73 Å². The quantitative estimate of drug-likeness (QED) is 0.756. The molecule has 0 amide bonds. The molecular weight excluding hydrogens is 202 g/mol. The molecule has 1 aliphatic rings. The molecule has 0 bridgehead atoms. The van der Waals surface area contributed by atoms with Gasteiger partial charge in [-0.25, -0.2) is 0 Å². The summed E-state index contributed by atoms with van der Waals surface area (Å²) in [7, 11) is 0.